The van der Waals surface area contributed by atoms with Crippen LogP contribution >= 0.6 is 0 Å². The van der Waals surface area contributed by atoms with Gasteiger partial charge in [-0.3, -0.25) is 4.98 Å². The summed E-state index contributed by atoms with van der Waals surface area (Å²) in [5.74, 6) is -0.119. The van der Waals surface area contributed by atoms with E-state index >= 15 is 0 Å². The van der Waals surface area contributed by atoms with Crippen molar-refractivity contribution in [3.05, 3.63) is 28.9 Å². The van der Waals surface area contributed by atoms with Crippen LogP contribution in [-0.4, -0.2) is 19.7 Å². The van der Waals surface area contributed by atoms with Crippen LogP contribution in [-0.2, 0) is 15.6 Å². The summed E-state index contributed by atoms with van der Waals surface area (Å²) in [6, 6.07) is 2.90. The molecule has 0 saturated heterocycles. The Bertz CT molecular complexity index is 396. The van der Waals surface area contributed by atoms with E-state index in [-0.39, 0.29) is 11.4 Å². The summed E-state index contributed by atoms with van der Waals surface area (Å²) in [6.45, 7) is 0. The van der Waals surface area contributed by atoms with E-state index < -0.39 is 9.84 Å². The van der Waals surface area contributed by atoms with E-state index in [1.807, 2.05) is 0 Å². The molecule has 5 nitrogen and oxygen atoms in total. The molecular weight excluding hydrogens is 192 g/mol. The van der Waals surface area contributed by atoms with Gasteiger partial charge in [0.25, 0.3) is 0 Å². The minimum Gasteiger partial charge on any atom is -0.258 e. The molecule has 0 unspecified atom stereocenters. The molecule has 1 heterocycles. The standard InChI is InChI=1S/C7H8N2O3S/c1-13(11,12)5-7-3-2-6(9-10)4-8-7/h2-4H,5H2,1H3. The molecule has 0 aliphatic carbocycles. The highest BCUT2D eigenvalue weighted by atomic mass is 32.2. The molecule has 0 aliphatic rings. The highest BCUT2D eigenvalue weighted by molar-refractivity contribution is 7.89. The molecule has 0 spiro atoms. The SMILES string of the molecule is CS(=O)(=O)Cc1ccc(N=O)cn1. The van der Waals surface area contributed by atoms with Gasteiger partial charge in [0.2, 0.25) is 0 Å². The summed E-state index contributed by atoms with van der Waals surface area (Å²) in [5, 5.41) is 2.65. The molecule has 13 heavy (non-hydrogen) atoms. The van der Waals surface area contributed by atoms with Crippen LogP contribution in [0.1, 0.15) is 5.69 Å². The zero-order valence-corrected chi connectivity index (χ0v) is 7.78. The zero-order chi connectivity index (χ0) is 9.90. The van der Waals surface area contributed by atoms with Crippen molar-refractivity contribution in [2.45, 2.75) is 5.75 Å². The van der Waals surface area contributed by atoms with Crippen molar-refractivity contribution in [3.8, 4) is 0 Å². The van der Waals surface area contributed by atoms with Gasteiger partial charge in [-0.05, 0) is 17.3 Å². The molecule has 0 saturated carbocycles. The number of nitrogens with zero attached hydrogens (tertiary/aromatic N) is 2. The summed E-state index contributed by atoms with van der Waals surface area (Å²) in [7, 11) is -3.07. The summed E-state index contributed by atoms with van der Waals surface area (Å²) in [6.07, 6.45) is 2.37. The van der Waals surface area contributed by atoms with Gasteiger partial charge < -0.3 is 0 Å². The van der Waals surface area contributed by atoms with E-state index in [1.165, 1.54) is 18.3 Å². The van der Waals surface area contributed by atoms with Gasteiger partial charge in [0.1, 0.15) is 5.69 Å². The van der Waals surface area contributed by atoms with Gasteiger partial charge in [-0.15, -0.1) is 4.91 Å². The molecule has 0 bridgehead atoms. The fourth-order valence-electron chi connectivity index (χ4n) is 0.825. The maximum Gasteiger partial charge on any atom is 0.153 e. The first-order chi connectivity index (χ1) is 6.01. The van der Waals surface area contributed by atoms with Crippen LogP contribution in [0.4, 0.5) is 5.69 Å². The van der Waals surface area contributed by atoms with Crippen LogP contribution in [0.15, 0.2) is 23.5 Å². The van der Waals surface area contributed by atoms with Crippen molar-refractivity contribution in [2.24, 2.45) is 5.18 Å². The summed E-state index contributed by atoms with van der Waals surface area (Å²) < 4.78 is 21.7. The van der Waals surface area contributed by atoms with E-state index in [0.29, 0.717) is 5.69 Å². The lowest BCUT2D eigenvalue weighted by Gasteiger charge is -1.96. The maximum atomic E-state index is 10.8. The lowest BCUT2D eigenvalue weighted by atomic mass is 10.3. The van der Waals surface area contributed by atoms with Gasteiger partial charge in [0.15, 0.2) is 9.84 Å². The van der Waals surface area contributed by atoms with Crippen molar-refractivity contribution in [3.63, 3.8) is 0 Å². The van der Waals surface area contributed by atoms with Gasteiger partial charge in [-0.2, -0.15) is 0 Å². The van der Waals surface area contributed by atoms with Crippen molar-refractivity contribution >= 4 is 15.5 Å². The molecule has 1 aromatic heterocycles. The fourth-order valence-corrected chi connectivity index (χ4v) is 1.53. The first-order valence-electron chi connectivity index (χ1n) is 3.47. The maximum absolute atomic E-state index is 10.8. The van der Waals surface area contributed by atoms with E-state index in [4.69, 9.17) is 0 Å². The smallest absolute Gasteiger partial charge is 0.153 e. The number of sulfone groups is 1. The molecule has 0 radical (unpaired) electrons. The van der Waals surface area contributed by atoms with Crippen molar-refractivity contribution in [1.29, 1.82) is 0 Å². The van der Waals surface area contributed by atoms with Crippen molar-refractivity contribution < 1.29 is 8.42 Å². The van der Waals surface area contributed by atoms with Crippen LogP contribution < -0.4 is 0 Å². The topological polar surface area (TPSA) is 76.5 Å². The first-order valence-corrected chi connectivity index (χ1v) is 5.53. The van der Waals surface area contributed by atoms with E-state index in [9.17, 15) is 13.3 Å². The van der Waals surface area contributed by atoms with Gasteiger partial charge in [-0.1, -0.05) is 0 Å². The van der Waals surface area contributed by atoms with Gasteiger partial charge in [0, 0.05) is 6.26 Å². The highest BCUT2D eigenvalue weighted by Crippen LogP contribution is 2.10. The molecule has 6 heteroatoms. The van der Waals surface area contributed by atoms with E-state index in [2.05, 4.69) is 10.2 Å². The Labute approximate surface area is 75.7 Å². The van der Waals surface area contributed by atoms with Gasteiger partial charge in [-0.25, -0.2) is 8.42 Å². The Kier molecular flexibility index (Phi) is 2.72. The molecule has 0 amide bonds. The summed E-state index contributed by atoms with van der Waals surface area (Å²) in [4.78, 5) is 13.8. The third-order valence-corrected chi connectivity index (χ3v) is 2.14. The Balaban J connectivity index is 2.87. The minimum atomic E-state index is -3.07. The molecule has 0 N–H and O–H groups in total. The lowest BCUT2D eigenvalue weighted by Crippen LogP contribution is -2.01. The zero-order valence-electron chi connectivity index (χ0n) is 6.97. The lowest BCUT2D eigenvalue weighted by molar-refractivity contribution is 0.600. The molecule has 0 aromatic carbocycles. The second-order valence-electron chi connectivity index (χ2n) is 2.67. The van der Waals surface area contributed by atoms with Crippen LogP contribution in [0.25, 0.3) is 0 Å². The van der Waals surface area contributed by atoms with Crippen molar-refractivity contribution in [2.75, 3.05) is 6.26 Å². The Hall–Kier alpha value is -1.30. The minimum absolute atomic E-state index is 0.119. The second kappa shape index (κ2) is 3.61. The first kappa shape index (κ1) is 9.79. The number of hydrogen-bond donors (Lipinski definition) is 0. The molecule has 0 fully saturated rings. The van der Waals surface area contributed by atoms with Crippen LogP contribution in [0, 0.1) is 4.91 Å². The predicted octanol–water partition coefficient (Wildman–Crippen LogP) is 1.02. The molecule has 70 valence electrons. The number of hydrogen-bond acceptors (Lipinski definition) is 5. The third kappa shape index (κ3) is 3.29. The monoisotopic (exact) mass is 200 g/mol. The fraction of sp³-hybridized carbons (Fsp3) is 0.286. The van der Waals surface area contributed by atoms with E-state index in [1.54, 1.807) is 0 Å². The molecule has 1 rings (SSSR count). The molecule has 0 atom stereocenters. The molecule has 1 aromatic rings. The van der Waals surface area contributed by atoms with E-state index in [0.717, 1.165) is 6.26 Å². The van der Waals surface area contributed by atoms with Gasteiger partial charge >= 0.3 is 0 Å². The molecular formula is C7H8N2O3S. The largest absolute Gasteiger partial charge is 0.258 e. The number of aromatic nitrogens is 1. The highest BCUT2D eigenvalue weighted by Gasteiger charge is 2.05. The Morgan fingerprint density at radius 3 is 2.54 bits per heavy atom. The normalized spacial score (nSPS) is 11.2. The average Bonchev–Trinajstić information content (AvgIpc) is 2.03. The van der Waals surface area contributed by atoms with Crippen LogP contribution in [0.3, 0.4) is 0 Å². The Morgan fingerprint density at radius 2 is 2.15 bits per heavy atom. The third-order valence-electron chi connectivity index (χ3n) is 1.32. The predicted molar refractivity (Wildman–Crippen MR) is 48.2 cm³/mol. The van der Waals surface area contributed by atoms with Crippen LogP contribution in [0.2, 0.25) is 0 Å². The quantitative estimate of drug-likeness (QED) is 0.682. The summed E-state index contributed by atoms with van der Waals surface area (Å²) >= 11 is 0. The van der Waals surface area contributed by atoms with Gasteiger partial charge in [0.05, 0.1) is 17.6 Å². The number of pyridine rings is 1. The summed E-state index contributed by atoms with van der Waals surface area (Å²) in [5.41, 5.74) is 0.604. The van der Waals surface area contributed by atoms with Crippen LogP contribution in [0.5, 0.6) is 0 Å². The number of nitroso groups, excluding NO2 is 1. The Morgan fingerprint density at radius 1 is 1.46 bits per heavy atom. The average molecular weight is 200 g/mol. The van der Waals surface area contributed by atoms with Crippen molar-refractivity contribution in [1.82, 2.24) is 4.98 Å². The second-order valence-corrected chi connectivity index (χ2v) is 4.81. The molecule has 0 aliphatic heterocycles. The number of rotatable bonds is 3.